The third-order valence-corrected chi connectivity index (χ3v) is 2.90. The molecule has 2 aromatic carbocycles. The molecule has 0 saturated heterocycles. The second-order valence-corrected chi connectivity index (χ2v) is 4.14. The summed E-state index contributed by atoms with van der Waals surface area (Å²) in [5.41, 5.74) is 0.624. The summed E-state index contributed by atoms with van der Waals surface area (Å²) in [5, 5.41) is 8.57. The van der Waals surface area contributed by atoms with Crippen LogP contribution in [0.15, 0.2) is 36.4 Å². The van der Waals surface area contributed by atoms with Crippen molar-refractivity contribution in [3.8, 4) is 11.8 Å². The number of nitrogens with zero attached hydrogens (tertiary/aromatic N) is 1. The topological polar surface area (TPSA) is 33.0 Å². The van der Waals surface area contributed by atoms with E-state index in [1.165, 1.54) is 24.3 Å². The maximum absolute atomic E-state index is 13.5. The Kier molecular flexibility index (Phi) is 3.98. The van der Waals surface area contributed by atoms with Gasteiger partial charge < -0.3 is 4.74 Å². The first-order valence-electron chi connectivity index (χ1n) is 5.37. The quantitative estimate of drug-likeness (QED) is 0.848. The normalized spacial score (nSPS) is 10.0. The monoisotopic (exact) mass is 279 g/mol. The van der Waals surface area contributed by atoms with Crippen LogP contribution < -0.4 is 4.74 Å². The zero-order valence-electron chi connectivity index (χ0n) is 9.66. The van der Waals surface area contributed by atoms with Gasteiger partial charge in [0.2, 0.25) is 0 Å². The molecule has 0 saturated carbocycles. The summed E-state index contributed by atoms with van der Waals surface area (Å²) < 4.78 is 31.9. The molecule has 96 valence electrons. The molecule has 0 aliphatic heterocycles. The average Bonchev–Trinajstić information content (AvgIpc) is 2.41. The van der Waals surface area contributed by atoms with Gasteiger partial charge in [-0.25, -0.2) is 8.78 Å². The van der Waals surface area contributed by atoms with Gasteiger partial charge in [0.05, 0.1) is 16.7 Å². The van der Waals surface area contributed by atoms with Crippen LogP contribution in [-0.4, -0.2) is 0 Å². The van der Waals surface area contributed by atoms with Crippen molar-refractivity contribution in [2.75, 3.05) is 0 Å². The summed E-state index contributed by atoms with van der Waals surface area (Å²) >= 11 is 5.76. The molecule has 0 bridgehead atoms. The Morgan fingerprint density at radius 1 is 1.16 bits per heavy atom. The van der Waals surface area contributed by atoms with Gasteiger partial charge in [0.15, 0.2) is 11.6 Å². The van der Waals surface area contributed by atoms with E-state index in [-0.39, 0.29) is 22.9 Å². The molecule has 0 spiro atoms. The van der Waals surface area contributed by atoms with E-state index in [1.54, 1.807) is 6.07 Å². The minimum absolute atomic E-state index is 0.0145. The van der Waals surface area contributed by atoms with E-state index < -0.39 is 11.6 Å². The third kappa shape index (κ3) is 3.01. The predicted octanol–water partition coefficient (Wildman–Crippen LogP) is 4.07. The standard InChI is InChI=1S/C14H8ClF2NO/c15-14-10(2-1-3-11(14)16)8-19-13-5-4-9(7-18)6-12(13)17/h1-6H,8H2. The summed E-state index contributed by atoms with van der Waals surface area (Å²) in [6, 6.07) is 9.99. The maximum Gasteiger partial charge on any atom is 0.166 e. The van der Waals surface area contributed by atoms with Crippen LogP contribution in [-0.2, 0) is 6.61 Å². The van der Waals surface area contributed by atoms with Crippen LogP contribution in [0.3, 0.4) is 0 Å². The Bertz CT molecular complexity index is 652. The number of hydrogen-bond acceptors (Lipinski definition) is 2. The predicted molar refractivity (Wildman–Crippen MR) is 66.9 cm³/mol. The second-order valence-electron chi connectivity index (χ2n) is 3.76. The average molecular weight is 280 g/mol. The Morgan fingerprint density at radius 2 is 1.95 bits per heavy atom. The highest BCUT2D eigenvalue weighted by Crippen LogP contribution is 2.23. The second kappa shape index (κ2) is 5.68. The van der Waals surface area contributed by atoms with E-state index in [2.05, 4.69) is 0 Å². The summed E-state index contributed by atoms with van der Waals surface area (Å²) in [6.45, 7) is -0.0561. The zero-order valence-corrected chi connectivity index (χ0v) is 10.4. The minimum Gasteiger partial charge on any atom is -0.486 e. The van der Waals surface area contributed by atoms with Crippen molar-refractivity contribution in [2.45, 2.75) is 6.61 Å². The lowest BCUT2D eigenvalue weighted by atomic mass is 10.2. The number of hydrogen-bond donors (Lipinski definition) is 0. The van der Waals surface area contributed by atoms with Gasteiger partial charge in [0, 0.05) is 5.56 Å². The van der Waals surface area contributed by atoms with Gasteiger partial charge in [-0.2, -0.15) is 5.26 Å². The molecule has 0 heterocycles. The van der Waals surface area contributed by atoms with Crippen molar-refractivity contribution in [1.82, 2.24) is 0 Å². The molecule has 0 fully saturated rings. The van der Waals surface area contributed by atoms with Crippen LogP contribution in [0.2, 0.25) is 5.02 Å². The highest BCUT2D eigenvalue weighted by molar-refractivity contribution is 6.31. The molecule has 0 amide bonds. The van der Waals surface area contributed by atoms with E-state index in [4.69, 9.17) is 21.6 Å². The first-order valence-corrected chi connectivity index (χ1v) is 5.75. The lowest BCUT2D eigenvalue weighted by Gasteiger charge is -2.09. The fourth-order valence-electron chi connectivity index (χ4n) is 1.50. The first kappa shape index (κ1) is 13.3. The SMILES string of the molecule is N#Cc1ccc(OCc2cccc(F)c2Cl)c(F)c1. The first-order chi connectivity index (χ1) is 9.11. The van der Waals surface area contributed by atoms with Crippen LogP contribution in [0.5, 0.6) is 5.75 Å². The van der Waals surface area contributed by atoms with Gasteiger partial charge in [-0.15, -0.1) is 0 Å². The molecule has 2 aromatic rings. The van der Waals surface area contributed by atoms with Crippen LogP contribution in [0, 0.1) is 23.0 Å². The molecule has 2 nitrogen and oxygen atoms in total. The van der Waals surface area contributed by atoms with Gasteiger partial charge in [0.25, 0.3) is 0 Å². The van der Waals surface area contributed by atoms with Crippen LogP contribution >= 0.6 is 11.6 Å². The summed E-state index contributed by atoms with van der Waals surface area (Å²) in [5.74, 6) is -1.21. The zero-order chi connectivity index (χ0) is 13.8. The Morgan fingerprint density at radius 3 is 2.63 bits per heavy atom. The van der Waals surface area contributed by atoms with Crippen molar-refractivity contribution in [3.05, 3.63) is 64.2 Å². The van der Waals surface area contributed by atoms with Crippen molar-refractivity contribution in [2.24, 2.45) is 0 Å². The van der Waals surface area contributed by atoms with Crippen molar-refractivity contribution < 1.29 is 13.5 Å². The number of benzene rings is 2. The van der Waals surface area contributed by atoms with Crippen molar-refractivity contribution in [1.29, 1.82) is 5.26 Å². The minimum atomic E-state index is -0.647. The number of nitriles is 1. The van der Waals surface area contributed by atoms with Crippen LogP contribution in [0.25, 0.3) is 0 Å². The third-order valence-electron chi connectivity index (χ3n) is 2.48. The fraction of sp³-hybridized carbons (Fsp3) is 0.0714. The molecule has 0 aliphatic rings. The summed E-state index contributed by atoms with van der Waals surface area (Å²) in [7, 11) is 0. The lowest BCUT2D eigenvalue weighted by molar-refractivity contribution is 0.290. The molecule has 0 aromatic heterocycles. The maximum atomic E-state index is 13.5. The Hall–Kier alpha value is -2.12. The van der Waals surface area contributed by atoms with E-state index in [9.17, 15) is 8.78 Å². The van der Waals surface area contributed by atoms with Crippen molar-refractivity contribution in [3.63, 3.8) is 0 Å². The summed E-state index contributed by atoms with van der Waals surface area (Å²) in [6.07, 6.45) is 0. The van der Waals surface area contributed by atoms with Crippen LogP contribution in [0.1, 0.15) is 11.1 Å². The van der Waals surface area contributed by atoms with E-state index in [1.807, 2.05) is 6.07 Å². The molecular weight excluding hydrogens is 272 g/mol. The number of halogens is 3. The summed E-state index contributed by atoms with van der Waals surface area (Å²) in [4.78, 5) is 0. The molecule has 0 aliphatic carbocycles. The fourth-order valence-corrected chi connectivity index (χ4v) is 1.68. The molecule has 0 unspecified atom stereocenters. The molecule has 19 heavy (non-hydrogen) atoms. The molecule has 0 N–H and O–H groups in total. The van der Waals surface area contributed by atoms with Gasteiger partial charge in [0.1, 0.15) is 12.4 Å². The van der Waals surface area contributed by atoms with E-state index in [0.717, 1.165) is 6.07 Å². The largest absolute Gasteiger partial charge is 0.486 e. The Balaban J connectivity index is 2.15. The van der Waals surface area contributed by atoms with Gasteiger partial charge in [-0.3, -0.25) is 0 Å². The molecular formula is C14H8ClF2NO. The van der Waals surface area contributed by atoms with E-state index >= 15 is 0 Å². The highest BCUT2D eigenvalue weighted by Gasteiger charge is 2.09. The van der Waals surface area contributed by atoms with Crippen molar-refractivity contribution >= 4 is 11.6 Å². The van der Waals surface area contributed by atoms with Gasteiger partial charge >= 0.3 is 0 Å². The van der Waals surface area contributed by atoms with Crippen LogP contribution in [0.4, 0.5) is 8.78 Å². The van der Waals surface area contributed by atoms with E-state index in [0.29, 0.717) is 5.56 Å². The Labute approximate surface area is 113 Å². The smallest absolute Gasteiger partial charge is 0.166 e. The molecule has 2 rings (SSSR count). The van der Waals surface area contributed by atoms with Gasteiger partial charge in [-0.05, 0) is 24.3 Å². The number of ether oxygens (including phenoxy) is 1. The molecule has 5 heteroatoms. The highest BCUT2D eigenvalue weighted by atomic mass is 35.5. The number of rotatable bonds is 3. The molecule has 0 radical (unpaired) electrons. The molecule has 0 atom stereocenters. The van der Waals surface area contributed by atoms with Gasteiger partial charge in [-0.1, -0.05) is 23.7 Å². The lowest BCUT2D eigenvalue weighted by Crippen LogP contribution is -1.99.